The van der Waals surface area contributed by atoms with Crippen LogP contribution in [0.5, 0.6) is 0 Å². The van der Waals surface area contributed by atoms with Crippen molar-refractivity contribution in [3.63, 3.8) is 0 Å². The Morgan fingerprint density at radius 3 is 2.88 bits per heavy atom. The summed E-state index contributed by atoms with van der Waals surface area (Å²) in [5.74, 6) is 1.30. The average Bonchev–Trinajstić information content (AvgIpc) is 2.59. The molecule has 0 aromatic carbocycles. The van der Waals surface area contributed by atoms with Crippen LogP contribution in [0.25, 0.3) is 11.0 Å². The van der Waals surface area contributed by atoms with Gasteiger partial charge in [0, 0.05) is 17.8 Å². The molecule has 16 heavy (non-hydrogen) atoms. The zero-order valence-corrected chi connectivity index (χ0v) is 9.27. The highest BCUT2D eigenvalue weighted by molar-refractivity contribution is 5.86. The molecule has 0 amide bonds. The molecule has 0 aliphatic rings. The van der Waals surface area contributed by atoms with E-state index in [1.165, 1.54) is 12.1 Å². The average molecular weight is 217 g/mol. The Labute approximate surface area is 93.5 Å². The van der Waals surface area contributed by atoms with Crippen LogP contribution in [0.1, 0.15) is 19.4 Å². The molecular formula is C12H13N2O2. The highest BCUT2D eigenvalue weighted by Crippen LogP contribution is 2.17. The highest BCUT2D eigenvalue weighted by atomic mass is 16.4. The summed E-state index contributed by atoms with van der Waals surface area (Å²) < 4.78 is 1.13. The van der Waals surface area contributed by atoms with Crippen LogP contribution in [-0.4, -0.2) is 20.8 Å². The van der Waals surface area contributed by atoms with Crippen LogP contribution in [0.15, 0.2) is 24.5 Å². The number of hydrogen-bond donors (Lipinski definition) is 1. The molecule has 0 saturated carbocycles. The lowest BCUT2D eigenvalue weighted by atomic mass is 10.0. The van der Waals surface area contributed by atoms with E-state index in [0.29, 0.717) is 5.65 Å². The summed E-state index contributed by atoms with van der Waals surface area (Å²) in [6.45, 7) is 4.12. The zero-order valence-electron chi connectivity index (χ0n) is 9.27. The van der Waals surface area contributed by atoms with E-state index in [9.17, 15) is 4.79 Å². The fourth-order valence-corrected chi connectivity index (χ4v) is 1.73. The second-order valence-electron chi connectivity index (χ2n) is 4.11. The van der Waals surface area contributed by atoms with Crippen molar-refractivity contribution in [3.05, 3.63) is 36.0 Å². The van der Waals surface area contributed by atoms with E-state index < -0.39 is 6.09 Å². The van der Waals surface area contributed by atoms with Gasteiger partial charge < -0.3 is 5.11 Å². The third-order valence-corrected chi connectivity index (χ3v) is 2.35. The molecular weight excluding hydrogens is 204 g/mol. The highest BCUT2D eigenvalue weighted by Gasteiger charge is 2.08. The van der Waals surface area contributed by atoms with Crippen molar-refractivity contribution in [2.75, 3.05) is 0 Å². The first-order valence-corrected chi connectivity index (χ1v) is 5.06. The van der Waals surface area contributed by atoms with Crippen molar-refractivity contribution < 1.29 is 9.90 Å². The van der Waals surface area contributed by atoms with Crippen molar-refractivity contribution in [2.24, 2.45) is 0 Å². The fraction of sp³-hybridized carbons (Fsp3) is 0.250. The van der Waals surface area contributed by atoms with Crippen LogP contribution in [0.3, 0.4) is 0 Å². The topological polar surface area (TPSA) is 55.1 Å². The van der Waals surface area contributed by atoms with Gasteiger partial charge in [-0.25, -0.2) is 14.3 Å². The second-order valence-corrected chi connectivity index (χ2v) is 4.11. The quantitative estimate of drug-likeness (QED) is 0.841. The maximum absolute atomic E-state index is 10.9. The number of rotatable bonds is 2. The zero-order chi connectivity index (χ0) is 11.7. The molecule has 2 aromatic rings. The van der Waals surface area contributed by atoms with Gasteiger partial charge in [-0.3, -0.25) is 0 Å². The minimum absolute atomic E-state index is 0.491. The predicted octanol–water partition coefficient (Wildman–Crippen LogP) is 2.72. The lowest BCUT2D eigenvalue weighted by Gasteiger charge is -2.04. The maximum atomic E-state index is 10.9. The van der Waals surface area contributed by atoms with Crippen molar-refractivity contribution >= 4 is 17.1 Å². The molecule has 0 fully saturated rings. The summed E-state index contributed by atoms with van der Waals surface area (Å²) in [5, 5.41) is 9.77. The van der Waals surface area contributed by atoms with E-state index in [0.717, 1.165) is 21.9 Å². The Morgan fingerprint density at radius 1 is 1.50 bits per heavy atom. The van der Waals surface area contributed by atoms with Gasteiger partial charge in [-0.1, -0.05) is 13.8 Å². The molecule has 0 spiro atoms. The largest absolute Gasteiger partial charge is 0.464 e. The van der Waals surface area contributed by atoms with Crippen LogP contribution >= 0.6 is 0 Å². The van der Waals surface area contributed by atoms with Gasteiger partial charge in [0.1, 0.15) is 5.65 Å². The second kappa shape index (κ2) is 3.96. The third kappa shape index (κ3) is 1.91. The fourth-order valence-electron chi connectivity index (χ4n) is 1.73. The molecule has 0 unspecified atom stereocenters. The molecule has 0 atom stereocenters. The van der Waals surface area contributed by atoms with Gasteiger partial charge in [-0.2, -0.15) is 0 Å². The summed E-state index contributed by atoms with van der Waals surface area (Å²) in [6, 6.07) is 3.75. The lowest BCUT2D eigenvalue weighted by Crippen LogP contribution is -2.06. The number of hydrogen-bond acceptors (Lipinski definition) is 2. The van der Waals surface area contributed by atoms with Gasteiger partial charge in [-0.05, 0) is 30.0 Å². The number of carbonyl (C=O) groups is 1. The molecule has 4 heteroatoms. The standard InChI is InChI=1S/C12H13N2O2/c1-8(2)5-9-6-10-3-4-14(12(15)16)11(10)13-7-9/h3-4,6-7H,5H2,1-2H3,(H,15,16). The van der Waals surface area contributed by atoms with Crippen LogP contribution in [0, 0.1) is 5.92 Å². The third-order valence-electron chi connectivity index (χ3n) is 2.35. The number of carboxylic acid groups (broad SMARTS) is 1. The molecule has 2 aromatic heterocycles. The molecule has 0 aliphatic heterocycles. The van der Waals surface area contributed by atoms with E-state index in [4.69, 9.17) is 5.11 Å². The first-order chi connectivity index (χ1) is 7.58. The lowest BCUT2D eigenvalue weighted by molar-refractivity contribution is 0.197. The Hall–Kier alpha value is -1.84. The van der Waals surface area contributed by atoms with Gasteiger partial charge >= 0.3 is 6.09 Å². The summed E-state index contributed by atoms with van der Waals surface area (Å²) in [5.41, 5.74) is 1.60. The van der Waals surface area contributed by atoms with Gasteiger partial charge in [-0.15, -0.1) is 0 Å². The minimum Gasteiger partial charge on any atom is -0.464 e. The number of fused-ring (bicyclic) bond motifs is 1. The molecule has 83 valence electrons. The van der Waals surface area contributed by atoms with Crippen molar-refractivity contribution in [1.82, 2.24) is 9.55 Å². The van der Waals surface area contributed by atoms with Gasteiger partial charge in [0.15, 0.2) is 0 Å². The van der Waals surface area contributed by atoms with Gasteiger partial charge in [0.25, 0.3) is 0 Å². The van der Waals surface area contributed by atoms with E-state index in [2.05, 4.69) is 18.8 Å². The molecule has 0 bridgehead atoms. The summed E-state index contributed by atoms with van der Waals surface area (Å²) >= 11 is 0. The van der Waals surface area contributed by atoms with Crippen molar-refractivity contribution in [2.45, 2.75) is 20.3 Å². The van der Waals surface area contributed by atoms with Gasteiger partial charge in [0.2, 0.25) is 0 Å². The SMILES string of the molecule is C[C](C)Cc1cnc2c(ccn2C(=O)O)c1. The molecule has 2 rings (SSSR count). The van der Waals surface area contributed by atoms with Crippen LogP contribution in [0.4, 0.5) is 4.79 Å². The Kier molecular flexibility index (Phi) is 2.64. The Bertz CT molecular complexity index is 529. The van der Waals surface area contributed by atoms with E-state index in [1.807, 2.05) is 6.07 Å². The van der Waals surface area contributed by atoms with E-state index in [-0.39, 0.29) is 0 Å². The smallest absolute Gasteiger partial charge is 0.417 e. The Balaban J connectivity index is 2.45. The van der Waals surface area contributed by atoms with Gasteiger partial charge in [0.05, 0.1) is 0 Å². The van der Waals surface area contributed by atoms with E-state index >= 15 is 0 Å². The number of aromatic nitrogens is 2. The number of pyridine rings is 1. The first kappa shape index (κ1) is 10.7. The normalized spacial score (nSPS) is 11.2. The van der Waals surface area contributed by atoms with E-state index in [1.54, 1.807) is 12.3 Å². The van der Waals surface area contributed by atoms with Crippen LogP contribution < -0.4 is 0 Å². The minimum atomic E-state index is -1.01. The first-order valence-electron chi connectivity index (χ1n) is 5.06. The Morgan fingerprint density at radius 2 is 2.25 bits per heavy atom. The summed E-state index contributed by atoms with van der Waals surface area (Å²) in [6.07, 6.45) is 3.12. The molecule has 1 N–H and O–H groups in total. The number of nitrogens with zero attached hydrogens (tertiary/aromatic N) is 2. The summed E-state index contributed by atoms with van der Waals surface area (Å²) in [7, 11) is 0. The summed E-state index contributed by atoms with van der Waals surface area (Å²) in [4.78, 5) is 15.0. The monoisotopic (exact) mass is 217 g/mol. The predicted molar refractivity (Wildman–Crippen MR) is 61.5 cm³/mol. The van der Waals surface area contributed by atoms with Crippen molar-refractivity contribution in [3.8, 4) is 0 Å². The van der Waals surface area contributed by atoms with Crippen LogP contribution in [0.2, 0.25) is 0 Å². The molecule has 1 radical (unpaired) electrons. The molecule has 2 heterocycles. The molecule has 0 aliphatic carbocycles. The molecule has 0 saturated heterocycles. The molecule has 4 nitrogen and oxygen atoms in total. The van der Waals surface area contributed by atoms with Crippen LogP contribution in [-0.2, 0) is 6.42 Å². The maximum Gasteiger partial charge on any atom is 0.417 e. The van der Waals surface area contributed by atoms with Crippen molar-refractivity contribution in [1.29, 1.82) is 0 Å².